The van der Waals surface area contributed by atoms with Gasteiger partial charge < -0.3 is 13.9 Å². The molecule has 0 saturated heterocycles. The normalized spacial score (nSPS) is 19.9. The molecule has 1 aliphatic heterocycles. The first-order valence-electron chi connectivity index (χ1n) is 7.28. The summed E-state index contributed by atoms with van der Waals surface area (Å²) in [5.74, 6) is 1.72. The van der Waals surface area contributed by atoms with Crippen LogP contribution in [0.2, 0.25) is 0 Å². The van der Waals surface area contributed by atoms with Crippen LogP contribution in [0.1, 0.15) is 37.7 Å². The molecule has 1 aromatic carbocycles. The smallest absolute Gasteiger partial charge is 0.141 e. The van der Waals surface area contributed by atoms with Crippen LogP contribution < -0.4 is 9.47 Å². The van der Waals surface area contributed by atoms with Crippen molar-refractivity contribution < 1.29 is 13.9 Å². The van der Waals surface area contributed by atoms with E-state index in [0.29, 0.717) is 0 Å². The van der Waals surface area contributed by atoms with E-state index >= 15 is 0 Å². The zero-order valence-electron chi connectivity index (χ0n) is 11.6. The van der Waals surface area contributed by atoms with Gasteiger partial charge in [-0.05, 0) is 43.9 Å². The van der Waals surface area contributed by atoms with Crippen LogP contribution in [0, 0.1) is 0 Å². The summed E-state index contributed by atoms with van der Waals surface area (Å²) in [5, 5.41) is 0.999. The number of methoxy groups -OCH3 is 1. The van der Waals surface area contributed by atoms with E-state index < -0.39 is 0 Å². The fraction of sp³-hybridized carbons (Fsp3) is 0.412. The molecule has 1 aliphatic carbocycles. The molecule has 3 heteroatoms. The molecule has 0 N–H and O–H groups in total. The van der Waals surface area contributed by atoms with Crippen LogP contribution in [0.15, 0.2) is 28.9 Å². The van der Waals surface area contributed by atoms with Crippen molar-refractivity contribution in [2.75, 3.05) is 7.11 Å². The summed E-state index contributed by atoms with van der Waals surface area (Å²) in [6.07, 6.45) is 12.1. The Kier molecular flexibility index (Phi) is 2.56. The van der Waals surface area contributed by atoms with Crippen molar-refractivity contribution >= 4 is 17.0 Å². The molecule has 2 heterocycles. The van der Waals surface area contributed by atoms with Gasteiger partial charge in [0.2, 0.25) is 0 Å². The van der Waals surface area contributed by atoms with E-state index in [9.17, 15) is 0 Å². The lowest BCUT2D eigenvalue weighted by Crippen LogP contribution is -2.37. The van der Waals surface area contributed by atoms with Crippen LogP contribution in [-0.2, 0) is 0 Å². The number of ether oxygens (including phenoxy) is 2. The van der Waals surface area contributed by atoms with Crippen LogP contribution in [0.5, 0.6) is 11.5 Å². The van der Waals surface area contributed by atoms with Gasteiger partial charge >= 0.3 is 0 Å². The molecule has 2 aliphatic rings. The standard InChI is InChI=1S/C17H18O3/c1-18-16-12-5-9-17(7-3-2-4-8-17)20-15(12)11-14-13(16)6-10-19-14/h5-6,9-11H,2-4,7-8H2,1H3. The highest BCUT2D eigenvalue weighted by Crippen LogP contribution is 2.45. The second-order valence-electron chi connectivity index (χ2n) is 5.71. The summed E-state index contributed by atoms with van der Waals surface area (Å²) >= 11 is 0. The van der Waals surface area contributed by atoms with Gasteiger partial charge in [-0.1, -0.05) is 6.42 Å². The zero-order valence-corrected chi connectivity index (χ0v) is 11.6. The minimum Gasteiger partial charge on any atom is -0.495 e. The maximum Gasteiger partial charge on any atom is 0.141 e. The van der Waals surface area contributed by atoms with Crippen molar-refractivity contribution in [2.24, 2.45) is 0 Å². The first kappa shape index (κ1) is 11.9. The molecule has 0 unspecified atom stereocenters. The third-order valence-electron chi connectivity index (χ3n) is 4.48. The number of hydrogen-bond donors (Lipinski definition) is 0. The second-order valence-corrected chi connectivity index (χ2v) is 5.71. The molecule has 1 spiro atoms. The first-order valence-corrected chi connectivity index (χ1v) is 7.28. The Labute approximate surface area is 118 Å². The molecule has 0 bridgehead atoms. The van der Waals surface area contributed by atoms with Crippen LogP contribution in [-0.4, -0.2) is 12.7 Å². The van der Waals surface area contributed by atoms with Crippen molar-refractivity contribution in [2.45, 2.75) is 37.7 Å². The van der Waals surface area contributed by atoms with Gasteiger partial charge in [-0.15, -0.1) is 0 Å². The minimum absolute atomic E-state index is 0.115. The highest BCUT2D eigenvalue weighted by molar-refractivity contribution is 5.91. The number of hydrogen-bond acceptors (Lipinski definition) is 3. The van der Waals surface area contributed by atoms with Crippen LogP contribution in [0.25, 0.3) is 17.0 Å². The van der Waals surface area contributed by atoms with Gasteiger partial charge in [0.25, 0.3) is 0 Å². The fourth-order valence-electron chi connectivity index (χ4n) is 3.44. The lowest BCUT2D eigenvalue weighted by molar-refractivity contribution is 0.0750. The summed E-state index contributed by atoms with van der Waals surface area (Å²) in [6.45, 7) is 0. The summed E-state index contributed by atoms with van der Waals surface area (Å²) < 4.78 is 17.4. The van der Waals surface area contributed by atoms with Gasteiger partial charge in [-0.3, -0.25) is 0 Å². The van der Waals surface area contributed by atoms with Crippen LogP contribution in [0.3, 0.4) is 0 Å². The molecule has 1 saturated carbocycles. The van der Waals surface area contributed by atoms with Crippen LogP contribution in [0.4, 0.5) is 0 Å². The summed E-state index contributed by atoms with van der Waals surface area (Å²) in [7, 11) is 1.70. The predicted octanol–water partition coefficient (Wildman–Crippen LogP) is 4.55. The van der Waals surface area contributed by atoms with E-state index in [2.05, 4.69) is 12.2 Å². The third kappa shape index (κ3) is 1.65. The van der Waals surface area contributed by atoms with E-state index in [1.165, 1.54) is 19.3 Å². The molecule has 2 aromatic rings. The maximum absolute atomic E-state index is 6.35. The van der Waals surface area contributed by atoms with Crippen molar-refractivity contribution in [1.29, 1.82) is 0 Å². The molecule has 0 atom stereocenters. The van der Waals surface area contributed by atoms with Crippen molar-refractivity contribution in [1.82, 2.24) is 0 Å². The Balaban J connectivity index is 1.85. The number of rotatable bonds is 1. The average Bonchev–Trinajstić information content (AvgIpc) is 2.93. The Morgan fingerprint density at radius 2 is 2.05 bits per heavy atom. The van der Waals surface area contributed by atoms with Gasteiger partial charge in [0.1, 0.15) is 22.7 Å². The SMILES string of the molecule is COc1c2c(cc3occc13)OC1(C=C2)CCCCC1. The number of benzene rings is 1. The largest absolute Gasteiger partial charge is 0.495 e. The van der Waals surface area contributed by atoms with Gasteiger partial charge in [0, 0.05) is 6.07 Å². The topological polar surface area (TPSA) is 31.6 Å². The molecule has 0 amide bonds. The van der Waals surface area contributed by atoms with Crippen LogP contribution >= 0.6 is 0 Å². The minimum atomic E-state index is -0.115. The fourth-order valence-corrected chi connectivity index (χ4v) is 3.44. The predicted molar refractivity (Wildman–Crippen MR) is 78.2 cm³/mol. The van der Waals surface area contributed by atoms with Gasteiger partial charge in [0.05, 0.1) is 24.3 Å². The van der Waals surface area contributed by atoms with E-state index in [4.69, 9.17) is 13.9 Å². The van der Waals surface area contributed by atoms with E-state index in [-0.39, 0.29) is 5.60 Å². The zero-order chi connectivity index (χ0) is 13.6. The maximum atomic E-state index is 6.35. The highest BCUT2D eigenvalue weighted by atomic mass is 16.5. The van der Waals surface area contributed by atoms with E-state index in [0.717, 1.165) is 40.9 Å². The molecule has 20 heavy (non-hydrogen) atoms. The summed E-state index contributed by atoms with van der Waals surface area (Å²) in [6, 6.07) is 3.93. The van der Waals surface area contributed by atoms with E-state index in [1.807, 2.05) is 12.1 Å². The molecular formula is C17H18O3. The Bertz CT molecular complexity index is 675. The number of fused-ring (bicyclic) bond motifs is 2. The molecule has 1 fully saturated rings. The van der Waals surface area contributed by atoms with Crippen molar-refractivity contribution in [3.8, 4) is 11.5 Å². The molecule has 104 valence electrons. The van der Waals surface area contributed by atoms with Gasteiger partial charge in [-0.25, -0.2) is 0 Å². The van der Waals surface area contributed by atoms with Crippen molar-refractivity contribution in [3.63, 3.8) is 0 Å². The molecule has 4 rings (SSSR count). The Hall–Kier alpha value is -1.90. The third-order valence-corrected chi connectivity index (χ3v) is 4.48. The van der Waals surface area contributed by atoms with Crippen molar-refractivity contribution in [3.05, 3.63) is 30.0 Å². The summed E-state index contributed by atoms with van der Waals surface area (Å²) in [4.78, 5) is 0. The average molecular weight is 270 g/mol. The van der Waals surface area contributed by atoms with Gasteiger partial charge in [-0.2, -0.15) is 0 Å². The monoisotopic (exact) mass is 270 g/mol. The second kappa shape index (κ2) is 4.30. The number of furan rings is 1. The van der Waals surface area contributed by atoms with Gasteiger partial charge in [0.15, 0.2) is 0 Å². The Morgan fingerprint density at radius 1 is 1.20 bits per heavy atom. The molecule has 1 aromatic heterocycles. The quantitative estimate of drug-likeness (QED) is 0.761. The Morgan fingerprint density at radius 3 is 2.85 bits per heavy atom. The first-order chi connectivity index (χ1) is 9.81. The van der Waals surface area contributed by atoms with E-state index in [1.54, 1.807) is 13.4 Å². The molecule has 3 nitrogen and oxygen atoms in total. The molecule has 0 radical (unpaired) electrons. The lowest BCUT2D eigenvalue weighted by Gasteiger charge is -2.38. The highest BCUT2D eigenvalue weighted by Gasteiger charge is 2.35. The molecular weight excluding hydrogens is 252 g/mol. The lowest BCUT2D eigenvalue weighted by atomic mass is 9.82. The summed E-state index contributed by atoms with van der Waals surface area (Å²) in [5.41, 5.74) is 1.73.